The van der Waals surface area contributed by atoms with Crippen LogP contribution in [0, 0.1) is 0 Å². The number of pyridine rings is 2. The highest BCUT2D eigenvalue weighted by Gasteiger charge is 2.19. The first kappa shape index (κ1) is 31.8. The molecule has 7 aromatic rings. The average molecular weight is 637 g/mol. The van der Waals surface area contributed by atoms with Crippen LogP contribution in [0.3, 0.4) is 0 Å². The molecule has 1 atom stereocenters. The van der Waals surface area contributed by atoms with Gasteiger partial charge in [-0.15, -0.1) is 0 Å². The van der Waals surface area contributed by atoms with Crippen LogP contribution < -0.4 is 0 Å². The number of nitrogens with zero attached hydrogens (tertiary/aromatic N) is 2. The summed E-state index contributed by atoms with van der Waals surface area (Å²) >= 11 is 0. The van der Waals surface area contributed by atoms with E-state index in [0.717, 1.165) is 50.5 Å². The predicted molar refractivity (Wildman–Crippen MR) is 204 cm³/mol. The summed E-state index contributed by atoms with van der Waals surface area (Å²) in [7, 11) is 0. The van der Waals surface area contributed by atoms with Gasteiger partial charge in [-0.25, -0.2) is 4.98 Å². The molecule has 0 saturated carbocycles. The Morgan fingerprint density at radius 1 is 0.490 bits per heavy atom. The molecule has 240 valence electrons. The van der Waals surface area contributed by atoms with Gasteiger partial charge in [-0.3, -0.25) is 4.98 Å². The molecule has 2 aromatic heterocycles. The van der Waals surface area contributed by atoms with Crippen LogP contribution in [0.1, 0.15) is 50.3 Å². The van der Waals surface area contributed by atoms with Crippen molar-refractivity contribution in [1.29, 1.82) is 0 Å². The molecule has 1 unspecified atom stereocenters. The molecule has 2 heterocycles. The van der Waals surface area contributed by atoms with Crippen molar-refractivity contribution in [2.45, 2.75) is 39.0 Å². The van der Waals surface area contributed by atoms with E-state index in [1.165, 1.54) is 16.7 Å². The molecule has 3 nitrogen and oxygen atoms in total. The molecule has 3 heteroatoms. The van der Waals surface area contributed by atoms with Crippen molar-refractivity contribution in [1.82, 2.24) is 9.97 Å². The Balaban J connectivity index is 1.36. The highest BCUT2D eigenvalue weighted by Crippen LogP contribution is 2.38. The minimum Gasteiger partial charge on any atom is -0.507 e. The van der Waals surface area contributed by atoms with Crippen LogP contribution in [0.15, 0.2) is 158 Å². The second-order valence-corrected chi connectivity index (χ2v) is 13.7. The number of aromatic nitrogens is 2. The number of rotatable bonds is 7. The van der Waals surface area contributed by atoms with Gasteiger partial charge in [0, 0.05) is 28.8 Å². The molecule has 0 fully saturated rings. The van der Waals surface area contributed by atoms with E-state index < -0.39 is 0 Å². The smallest absolute Gasteiger partial charge is 0.124 e. The lowest BCUT2D eigenvalue weighted by atomic mass is 9.84. The quantitative estimate of drug-likeness (QED) is 0.189. The topological polar surface area (TPSA) is 46.0 Å². The zero-order valence-electron chi connectivity index (χ0n) is 28.4. The second kappa shape index (κ2) is 13.4. The minimum absolute atomic E-state index is 0.106. The molecule has 0 aliphatic rings. The van der Waals surface area contributed by atoms with Gasteiger partial charge in [0.15, 0.2) is 0 Å². The van der Waals surface area contributed by atoms with Crippen LogP contribution in [0.5, 0.6) is 5.75 Å². The molecule has 0 radical (unpaired) electrons. The molecule has 0 aliphatic heterocycles. The highest BCUT2D eigenvalue weighted by molar-refractivity contribution is 5.81. The zero-order valence-corrected chi connectivity index (χ0v) is 28.4. The summed E-state index contributed by atoms with van der Waals surface area (Å²) in [6.45, 7) is 8.95. The maximum absolute atomic E-state index is 10.9. The number of phenolic OH excluding ortho intramolecular Hbond substituents is 1. The Kier molecular flexibility index (Phi) is 8.67. The molecular formula is C46H40N2O. The van der Waals surface area contributed by atoms with E-state index in [9.17, 15) is 5.11 Å². The maximum Gasteiger partial charge on any atom is 0.124 e. The van der Waals surface area contributed by atoms with Crippen molar-refractivity contribution in [3.05, 3.63) is 175 Å². The SMILES string of the molecule is CC(c1ccccc1)c1ccc(-c2cc(-c3cc(-c4cc(-c5ccccc5)ccn4)cc(C(C)(C)C)c3)nc(-c3ccccc3O)c2)cc1. The number of para-hydroxylation sites is 1. The Morgan fingerprint density at radius 3 is 1.76 bits per heavy atom. The molecule has 0 saturated heterocycles. The molecule has 5 aromatic carbocycles. The van der Waals surface area contributed by atoms with Gasteiger partial charge in [0.2, 0.25) is 0 Å². The summed E-state index contributed by atoms with van der Waals surface area (Å²) in [5.74, 6) is 0.490. The van der Waals surface area contributed by atoms with Crippen molar-refractivity contribution in [2.24, 2.45) is 0 Å². The van der Waals surface area contributed by atoms with Gasteiger partial charge in [0.05, 0.1) is 17.1 Å². The number of aromatic hydroxyl groups is 1. The number of hydrogen-bond donors (Lipinski definition) is 1. The Bertz CT molecular complexity index is 2220. The molecular weight excluding hydrogens is 597 g/mol. The van der Waals surface area contributed by atoms with E-state index in [2.05, 4.69) is 149 Å². The van der Waals surface area contributed by atoms with E-state index in [1.54, 1.807) is 6.07 Å². The van der Waals surface area contributed by atoms with E-state index in [-0.39, 0.29) is 17.1 Å². The fourth-order valence-electron chi connectivity index (χ4n) is 6.33. The van der Waals surface area contributed by atoms with Crippen LogP contribution in [0.25, 0.3) is 56.0 Å². The standard InChI is InChI=1S/C46H40N2O/c1-31(32-13-7-5-8-14-32)33-19-21-35(22-20-33)37-29-43(48-44(30-37)41-17-11-12-18-45(41)49)39-25-38(26-40(27-39)46(2,3)4)42-28-36(23-24-47-42)34-15-9-6-10-16-34/h5-31,49H,1-4H3. The molecule has 49 heavy (non-hydrogen) atoms. The molecule has 1 N–H and O–H groups in total. The van der Waals surface area contributed by atoms with E-state index in [1.807, 2.05) is 30.5 Å². The lowest BCUT2D eigenvalue weighted by molar-refractivity contribution is 0.477. The fourth-order valence-corrected chi connectivity index (χ4v) is 6.33. The summed E-state index contributed by atoms with van der Waals surface area (Å²) in [5.41, 5.74) is 13.3. The number of phenols is 1. The van der Waals surface area contributed by atoms with Crippen LogP contribution in [-0.4, -0.2) is 15.1 Å². The molecule has 0 amide bonds. The first-order valence-corrected chi connectivity index (χ1v) is 16.9. The summed E-state index contributed by atoms with van der Waals surface area (Å²) in [6.07, 6.45) is 1.89. The molecule has 0 bridgehead atoms. The third kappa shape index (κ3) is 6.93. The molecule has 7 rings (SSSR count). The largest absolute Gasteiger partial charge is 0.507 e. The van der Waals surface area contributed by atoms with Crippen molar-refractivity contribution in [3.8, 4) is 61.8 Å². The van der Waals surface area contributed by atoms with Crippen molar-refractivity contribution < 1.29 is 5.11 Å². The Morgan fingerprint density at radius 2 is 1.06 bits per heavy atom. The van der Waals surface area contributed by atoms with Gasteiger partial charge in [0.1, 0.15) is 5.75 Å². The zero-order chi connectivity index (χ0) is 34.0. The lowest BCUT2D eigenvalue weighted by Crippen LogP contribution is -2.11. The Labute approximate surface area is 289 Å². The first-order valence-electron chi connectivity index (χ1n) is 16.9. The van der Waals surface area contributed by atoms with E-state index in [4.69, 9.17) is 9.97 Å². The van der Waals surface area contributed by atoms with Crippen molar-refractivity contribution in [2.75, 3.05) is 0 Å². The van der Waals surface area contributed by atoms with Gasteiger partial charge >= 0.3 is 0 Å². The van der Waals surface area contributed by atoms with Crippen LogP contribution in [-0.2, 0) is 5.41 Å². The predicted octanol–water partition coefficient (Wildman–Crippen LogP) is 12.0. The van der Waals surface area contributed by atoms with E-state index >= 15 is 0 Å². The summed E-state index contributed by atoms with van der Waals surface area (Å²) in [6, 6.07) is 52.4. The minimum atomic E-state index is -0.106. The fraction of sp³-hybridized carbons (Fsp3) is 0.130. The molecule has 0 aliphatic carbocycles. The summed E-state index contributed by atoms with van der Waals surface area (Å²) < 4.78 is 0. The lowest BCUT2D eigenvalue weighted by Gasteiger charge is -2.22. The Hall–Kier alpha value is -5.80. The second-order valence-electron chi connectivity index (χ2n) is 13.7. The van der Waals surface area contributed by atoms with Gasteiger partial charge < -0.3 is 5.11 Å². The average Bonchev–Trinajstić information content (AvgIpc) is 3.15. The van der Waals surface area contributed by atoms with Crippen molar-refractivity contribution in [3.63, 3.8) is 0 Å². The van der Waals surface area contributed by atoms with Gasteiger partial charge in [0.25, 0.3) is 0 Å². The van der Waals surface area contributed by atoms with Crippen LogP contribution in [0.2, 0.25) is 0 Å². The summed E-state index contributed by atoms with van der Waals surface area (Å²) in [4.78, 5) is 10.0. The van der Waals surface area contributed by atoms with Gasteiger partial charge in [-0.1, -0.05) is 125 Å². The van der Waals surface area contributed by atoms with E-state index in [0.29, 0.717) is 5.56 Å². The third-order valence-corrected chi connectivity index (χ3v) is 9.31. The van der Waals surface area contributed by atoms with Gasteiger partial charge in [-0.2, -0.15) is 0 Å². The van der Waals surface area contributed by atoms with Crippen molar-refractivity contribution >= 4 is 0 Å². The number of benzene rings is 5. The van der Waals surface area contributed by atoms with Crippen LogP contribution >= 0.6 is 0 Å². The monoisotopic (exact) mass is 636 g/mol. The highest BCUT2D eigenvalue weighted by atomic mass is 16.3. The normalized spacial score (nSPS) is 12.1. The first-order chi connectivity index (χ1) is 23.7. The maximum atomic E-state index is 10.9. The summed E-state index contributed by atoms with van der Waals surface area (Å²) in [5, 5.41) is 10.9. The van der Waals surface area contributed by atoms with Crippen LogP contribution in [0.4, 0.5) is 0 Å². The van der Waals surface area contributed by atoms with Gasteiger partial charge in [-0.05, 0) is 99.0 Å². The number of hydrogen-bond acceptors (Lipinski definition) is 3. The third-order valence-electron chi connectivity index (χ3n) is 9.31. The molecule has 0 spiro atoms.